The van der Waals surface area contributed by atoms with Crippen LogP contribution in [0.4, 0.5) is 5.82 Å². The fraction of sp³-hybridized carbons (Fsp3) is 0.200. The Morgan fingerprint density at radius 1 is 1.18 bits per heavy atom. The van der Waals surface area contributed by atoms with Gasteiger partial charge in [-0.25, -0.2) is 4.98 Å². The second-order valence-electron chi connectivity index (χ2n) is 4.89. The number of nitrogens with zero attached hydrogens (tertiary/aromatic N) is 2. The van der Waals surface area contributed by atoms with E-state index in [1.165, 1.54) is 0 Å². The van der Waals surface area contributed by atoms with Crippen molar-refractivity contribution in [1.29, 1.82) is 0 Å². The van der Waals surface area contributed by atoms with Crippen molar-refractivity contribution in [3.63, 3.8) is 0 Å². The van der Waals surface area contributed by atoms with E-state index in [1.54, 1.807) is 35.4 Å². The SMILES string of the molecule is O=C1COc2cccnc2N1Cc1cc2c(cc1Cl)OCO2. The minimum atomic E-state index is -0.167. The lowest BCUT2D eigenvalue weighted by molar-refractivity contribution is -0.121. The molecule has 4 rings (SSSR count). The molecule has 0 unspecified atom stereocenters. The summed E-state index contributed by atoms with van der Waals surface area (Å²) in [5.74, 6) is 2.15. The largest absolute Gasteiger partial charge is 0.480 e. The van der Waals surface area contributed by atoms with Crippen LogP contribution in [0.5, 0.6) is 17.2 Å². The lowest BCUT2D eigenvalue weighted by Gasteiger charge is -2.28. The Hall–Kier alpha value is -2.47. The molecule has 3 heterocycles. The topological polar surface area (TPSA) is 60.9 Å². The molecule has 2 aliphatic rings. The fourth-order valence-electron chi connectivity index (χ4n) is 2.45. The second kappa shape index (κ2) is 5.06. The van der Waals surface area contributed by atoms with Crippen LogP contribution >= 0.6 is 11.6 Å². The smallest absolute Gasteiger partial charge is 0.266 e. The monoisotopic (exact) mass is 318 g/mol. The number of anilines is 1. The van der Waals surface area contributed by atoms with Gasteiger partial charge in [0.15, 0.2) is 29.7 Å². The summed E-state index contributed by atoms with van der Waals surface area (Å²) >= 11 is 6.28. The highest BCUT2D eigenvalue weighted by Crippen LogP contribution is 2.38. The van der Waals surface area contributed by atoms with Gasteiger partial charge in [-0.3, -0.25) is 9.69 Å². The predicted octanol–water partition coefficient (Wildman–Crippen LogP) is 2.39. The maximum absolute atomic E-state index is 12.2. The number of carbonyl (C=O) groups is 1. The molecule has 2 aromatic rings. The van der Waals surface area contributed by atoms with E-state index in [2.05, 4.69) is 4.98 Å². The molecule has 0 N–H and O–H groups in total. The van der Waals surface area contributed by atoms with Crippen LogP contribution in [0.3, 0.4) is 0 Å². The minimum absolute atomic E-state index is 0.0130. The Kier molecular flexibility index (Phi) is 3.04. The summed E-state index contributed by atoms with van der Waals surface area (Å²) in [5.41, 5.74) is 0.762. The Balaban J connectivity index is 1.70. The average molecular weight is 319 g/mol. The van der Waals surface area contributed by atoms with Crippen molar-refractivity contribution in [2.45, 2.75) is 6.54 Å². The summed E-state index contributed by atoms with van der Waals surface area (Å²) in [6.45, 7) is 0.457. The Labute approximate surface area is 131 Å². The molecule has 0 atom stereocenters. The van der Waals surface area contributed by atoms with E-state index < -0.39 is 0 Å². The van der Waals surface area contributed by atoms with Gasteiger partial charge < -0.3 is 14.2 Å². The molecule has 0 saturated carbocycles. The summed E-state index contributed by atoms with van der Waals surface area (Å²) in [6.07, 6.45) is 1.62. The van der Waals surface area contributed by atoms with Crippen LogP contribution in [0.25, 0.3) is 0 Å². The number of ether oxygens (including phenoxy) is 3. The van der Waals surface area contributed by atoms with E-state index in [0.717, 1.165) is 5.56 Å². The van der Waals surface area contributed by atoms with Gasteiger partial charge in [-0.1, -0.05) is 11.6 Å². The lowest BCUT2D eigenvalue weighted by atomic mass is 10.1. The first-order valence-corrected chi connectivity index (χ1v) is 7.06. The molecule has 2 aliphatic heterocycles. The van der Waals surface area contributed by atoms with Gasteiger partial charge in [0, 0.05) is 17.3 Å². The van der Waals surface area contributed by atoms with Crippen molar-refractivity contribution in [3.05, 3.63) is 41.0 Å². The maximum Gasteiger partial charge on any atom is 0.266 e. The number of aromatic nitrogens is 1. The fourth-order valence-corrected chi connectivity index (χ4v) is 2.66. The molecule has 6 nitrogen and oxygen atoms in total. The molecule has 7 heteroatoms. The number of amides is 1. The Morgan fingerprint density at radius 2 is 2.00 bits per heavy atom. The highest BCUT2D eigenvalue weighted by molar-refractivity contribution is 6.31. The van der Waals surface area contributed by atoms with Crippen molar-refractivity contribution in [3.8, 4) is 17.2 Å². The van der Waals surface area contributed by atoms with Crippen LogP contribution in [0.1, 0.15) is 5.56 Å². The third kappa shape index (κ3) is 2.12. The first-order chi connectivity index (χ1) is 10.7. The quantitative estimate of drug-likeness (QED) is 0.851. The number of benzene rings is 1. The summed E-state index contributed by atoms with van der Waals surface area (Å²) in [4.78, 5) is 18.0. The van der Waals surface area contributed by atoms with E-state index in [4.69, 9.17) is 25.8 Å². The molecule has 0 bridgehead atoms. The molecular weight excluding hydrogens is 308 g/mol. The van der Waals surface area contributed by atoms with Crippen molar-refractivity contribution >= 4 is 23.3 Å². The van der Waals surface area contributed by atoms with Crippen molar-refractivity contribution in [1.82, 2.24) is 4.98 Å². The second-order valence-corrected chi connectivity index (χ2v) is 5.30. The van der Waals surface area contributed by atoms with Gasteiger partial charge in [0.25, 0.3) is 5.91 Å². The van der Waals surface area contributed by atoms with Gasteiger partial charge in [-0.05, 0) is 23.8 Å². The van der Waals surface area contributed by atoms with Gasteiger partial charge in [-0.15, -0.1) is 0 Å². The number of carbonyl (C=O) groups excluding carboxylic acids is 1. The standard InChI is InChI=1S/C15H11ClN2O4/c16-10-5-13-12(21-8-22-13)4-9(10)6-18-14(19)7-20-11-2-1-3-17-15(11)18/h1-5H,6-8H2. The molecule has 0 radical (unpaired) electrons. The highest BCUT2D eigenvalue weighted by atomic mass is 35.5. The summed E-state index contributed by atoms with van der Waals surface area (Å²) in [7, 11) is 0. The Morgan fingerprint density at radius 3 is 2.86 bits per heavy atom. The van der Waals surface area contributed by atoms with Crippen LogP contribution in [0, 0.1) is 0 Å². The predicted molar refractivity (Wildman–Crippen MR) is 78.5 cm³/mol. The third-order valence-electron chi connectivity index (χ3n) is 3.53. The molecule has 0 fully saturated rings. The van der Waals surface area contributed by atoms with E-state index >= 15 is 0 Å². The molecule has 112 valence electrons. The number of pyridine rings is 1. The maximum atomic E-state index is 12.2. The van der Waals surface area contributed by atoms with E-state index in [9.17, 15) is 4.79 Å². The van der Waals surface area contributed by atoms with Crippen LogP contribution in [0.15, 0.2) is 30.5 Å². The zero-order chi connectivity index (χ0) is 15.1. The Bertz CT molecular complexity index is 765. The molecule has 22 heavy (non-hydrogen) atoms. The van der Waals surface area contributed by atoms with E-state index in [1.807, 2.05) is 0 Å². The van der Waals surface area contributed by atoms with Crippen LogP contribution in [-0.2, 0) is 11.3 Å². The molecule has 0 spiro atoms. The van der Waals surface area contributed by atoms with Gasteiger partial charge in [0.05, 0.1) is 6.54 Å². The first kappa shape index (κ1) is 13.2. The zero-order valence-corrected chi connectivity index (χ0v) is 12.2. The number of hydrogen-bond donors (Lipinski definition) is 0. The van der Waals surface area contributed by atoms with Gasteiger partial charge in [0.1, 0.15) is 0 Å². The number of rotatable bonds is 2. The molecular formula is C15H11ClN2O4. The van der Waals surface area contributed by atoms with E-state index in [0.29, 0.717) is 34.6 Å². The number of halogens is 1. The molecule has 1 aromatic carbocycles. The number of hydrogen-bond acceptors (Lipinski definition) is 5. The summed E-state index contributed by atoms with van der Waals surface area (Å²) in [5, 5.41) is 0.515. The third-order valence-corrected chi connectivity index (χ3v) is 3.88. The highest BCUT2D eigenvalue weighted by Gasteiger charge is 2.28. The van der Waals surface area contributed by atoms with Crippen molar-refractivity contribution in [2.24, 2.45) is 0 Å². The zero-order valence-electron chi connectivity index (χ0n) is 11.4. The van der Waals surface area contributed by atoms with Crippen LogP contribution in [-0.4, -0.2) is 24.3 Å². The van der Waals surface area contributed by atoms with Gasteiger partial charge in [-0.2, -0.15) is 0 Å². The van der Waals surface area contributed by atoms with Crippen LogP contribution < -0.4 is 19.1 Å². The van der Waals surface area contributed by atoms with Gasteiger partial charge in [0.2, 0.25) is 6.79 Å². The summed E-state index contributed by atoms with van der Waals surface area (Å²) < 4.78 is 16.0. The van der Waals surface area contributed by atoms with E-state index in [-0.39, 0.29) is 19.3 Å². The molecule has 0 saturated heterocycles. The molecule has 1 aromatic heterocycles. The van der Waals surface area contributed by atoms with Crippen LogP contribution in [0.2, 0.25) is 5.02 Å². The van der Waals surface area contributed by atoms with Gasteiger partial charge >= 0.3 is 0 Å². The average Bonchev–Trinajstić information content (AvgIpc) is 2.97. The summed E-state index contributed by atoms with van der Waals surface area (Å²) in [6, 6.07) is 7.03. The normalized spacial score (nSPS) is 15.5. The lowest BCUT2D eigenvalue weighted by Crippen LogP contribution is -2.38. The van der Waals surface area contributed by atoms with Crippen molar-refractivity contribution in [2.75, 3.05) is 18.3 Å². The number of fused-ring (bicyclic) bond motifs is 2. The van der Waals surface area contributed by atoms with Crippen molar-refractivity contribution < 1.29 is 19.0 Å². The first-order valence-electron chi connectivity index (χ1n) is 6.68. The molecule has 0 aliphatic carbocycles. The molecule has 1 amide bonds. The minimum Gasteiger partial charge on any atom is -0.480 e.